The summed E-state index contributed by atoms with van der Waals surface area (Å²) < 4.78 is 6.90. The Bertz CT molecular complexity index is 391. The minimum Gasteiger partial charge on any atom is -0.374 e. The maximum atomic E-state index is 5.72. The second kappa shape index (κ2) is 6.66. The monoisotopic (exact) mass is 312 g/mol. The predicted molar refractivity (Wildman–Crippen MR) is 77.8 cm³/mol. The van der Waals surface area contributed by atoms with Gasteiger partial charge in [-0.15, -0.1) is 0 Å². The van der Waals surface area contributed by atoms with Crippen LogP contribution in [-0.2, 0) is 11.3 Å². The van der Waals surface area contributed by atoms with Gasteiger partial charge >= 0.3 is 0 Å². The predicted octanol–water partition coefficient (Wildman–Crippen LogP) is 2.18. The lowest BCUT2D eigenvalue weighted by Crippen LogP contribution is -2.44. The van der Waals surface area contributed by atoms with Gasteiger partial charge in [-0.1, -0.05) is 28.1 Å². The van der Waals surface area contributed by atoms with Crippen LogP contribution in [0.25, 0.3) is 0 Å². The molecule has 0 radical (unpaired) electrons. The van der Waals surface area contributed by atoms with Crippen LogP contribution in [0, 0.1) is 6.92 Å². The molecule has 1 atom stereocenters. The SMILES string of the molecule is Cc1ccc(CN(C)CC2CNCCO2)cc1Br. The molecule has 1 saturated heterocycles. The van der Waals surface area contributed by atoms with Crippen molar-refractivity contribution in [1.29, 1.82) is 0 Å². The van der Waals surface area contributed by atoms with Crippen LogP contribution in [0.4, 0.5) is 0 Å². The molecule has 3 nitrogen and oxygen atoms in total. The van der Waals surface area contributed by atoms with Crippen molar-refractivity contribution in [3.63, 3.8) is 0 Å². The summed E-state index contributed by atoms with van der Waals surface area (Å²) in [5.41, 5.74) is 2.61. The minimum atomic E-state index is 0.317. The molecule has 1 aromatic carbocycles. The van der Waals surface area contributed by atoms with E-state index < -0.39 is 0 Å². The Hall–Kier alpha value is -0.420. The fourth-order valence-electron chi connectivity index (χ4n) is 2.20. The molecule has 1 aliphatic rings. The number of rotatable bonds is 4. The van der Waals surface area contributed by atoms with Crippen molar-refractivity contribution >= 4 is 15.9 Å². The highest BCUT2D eigenvalue weighted by molar-refractivity contribution is 9.10. The lowest BCUT2D eigenvalue weighted by Gasteiger charge is -2.28. The molecule has 4 heteroatoms. The maximum Gasteiger partial charge on any atom is 0.0826 e. The summed E-state index contributed by atoms with van der Waals surface area (Å²) in [7, 11) is 2.14. The maximum absolute atomic E-state index is 5.72. The van der Waals surface area contributed by atoms with E-state index in [0.717, 1.165) is 32.8 Å². The number of hydrogen-bond donors (Lipinski definition) is 1. The van der Waals surface area contributed by atoms with E-state index in [9.17, 15) is 0 Å². The van der Waals surface area contributed by atoms with Gasteiger partial charge in [-0.2, -0.15) is 0 Å². The quantitative estimate of drug-likeness (QED) is 0.922. The van der Waals surface area contributed by atoms with Crippen molar-refractivity contribution in [1.82, 2.24) is 10.2 Å². The molecule has 100 valence electrons. The first-order chi connectivity index (χ1) is 8.65. The van der Waals surface area contributed by atoms with Crippen molar-refractivity contribution < 1.29 is 4.74 Å². The van der Waals surface area contributed by atoms with Crippen molar-refractivity contribution in [2.45, 2.75) is 19.6 Å². The summed E-state index contributed by atoms with van der Waals surface area (Å²) in [6.45, 7) is 6.80. The van der Waals surface area contributed by atoms with Gasteiger partial charge in [0.2, 0.25) is 0 Å². The van der Waals surface area contributed by atoms with E-state index in [1.165, 1.54) is 15.6 Å². The Kier molecular flexibility index (Phi) is 5.18. The van der Waals surface area contributed by atoms with Crippen LogP contribution in [0.1, 0.15) is 11.1 Å². The van der Waals surface area contributed by atoms with Gasteiger partial charge in [-0.25, -0.2) is 0 Å². The second-order valence-corrected chi connectivity index (χ2v) is 5.83. The zero-order valence-electron chi connectivity index (χ0n) is 11.1. The minimum absolute atomic E-state index is 0.317. The number of halogens is 1. The fourth-order valence-corrected chi connectivity index (χ4v) is 2.62. The standard InChI is InChI=1S/C14H21BrN2O/c1-11-3-4-12(7-14(11)15)9-17(2)10-13-8-16-5-6-18-13/h3-4,7,13,16H,5-6,8-10H2,1-2H3. The highest BCUT2D eigenvalue weighted by Crippen LogP contribution is 2.18. The first-order valence-electron chi connectivity index (χ1n) is 6.41. The van der Waals surface area contributed by atoms with Crippen molar-refractivity contribution in [2.75, 3.05) is 33.3 Å². The molecule has 1 N–H and O–H groups in total. The third kappa shape index (κ3) is 4.05. The van der Waals surface area contributed by atoms with Gasteiger partial charge in [0, 0.05) is 30.7 Å². The highest BCUT2D eigenvalue weighted by Gasteiger charge is 2.15. The van der Waals surface area contributed by atoms with Crippen LogP contribution < -0.4 is 5.32 Å². The van der Waals surface area contributed by atoms with Crippen LogP contribution in [0.5, 0.6) is 0 Å². The molecule has 0 saturated carbocycles. The molecule has 0 amide bonds. The summed E-state index contributed by atoms with van der Waals surface area (Å²) in [4.78, 5) is 2.31. The smallest absolute Gasteiger partial charge is 0.0826 e. The van der Waals surface area contributed by atoms with Gasteiger partial charge in [0.25, 0.3) is 0 Å². The van der Waals surface area contributed by atoms with Gasteiger partial charge in [0.1, 0.15) is 0 Å². The molecule has 18 heavy (non-hydrogen) atoms. The number of morpholine rings is 1. The summed E-state index contributed by atoms with van der Waals surface area (Å²) in [5, 5.41) is 3.36. The average Bonchev–Trinajstić information content (AvgIpc) is 2.35. The summed E-state index contributed by atoms with van der Waals surface area (Å²) in [6.07, 6.45) is 0.317. The van der Waals surface area contributed by atoms with E-state index in [0.29, 0.717) is 6.10 Å². The Morgan fingerprint density at radius 2 is 2.33 bits per heavy atom. The molecular formula is C14H21BrN2O. The first-order valence-corrected chi connectivity index (χ1v) is 7.20. The van der Waals surface area contributed by atoms with E-state index in [-0.39, 0.29) is 0 Å². The Morgan fingerprint density at radius 1 is 1.50 bits per heavy atom. The third-order valence-corrected chi connectivity index (χ3v) is 4.06. The normalized spacial score (nSPS) is 20.3. The molecule has 2 rings (SSSR count). The number of ether oxygens (including phenoxy) is 1. The highest BCUT2D eigenvalue weighted by atomic mass is 79.9. The summed E-state index contributed by atoms with van der Waals surface area (Å²) >= 11 is 3.58. The fraction of sp³-hybridized carbons (Fsp3) is 0.571. The molecule has 1 fully saturated rings. The van der Waals surface area contributed by atoms with Crippen LogP contribution in [0.15, 0.2) is 22.7 Å². The van der Waals surface area contributed by atoms with Crippen molar-refractivity contribution in [3.8, 4) is 0 Å². The number of hydrogen-bond acceptors (Lipinski definition) is 3. The second-order valence-electron chi connectivity index (χ2n) is 4.98. The number of nitrogens with one attached hydrogen (secondary N) is 1. The molecule has 1 aliphatic heterocycles. The summed E-state index contributed by atoms with van der Waals surface area (Å²) in [6, 6.07) is 6.55. The van der Waals surface area contributed by atoms with Gasteiger partial charge in [-0.05, 0) is 31.2 Å². The average molecular weight is 313 g/mol. The van der Waals surface area contributed by atoms with Gasteiger partial charge in [-0.3, -0.25) is 4.90 Å². The Labute approximate surface area is 118 Å². The van der Waals surface area contributed by atoms with E-state index in [1.807, 2.05) is 0 Å². The van der Waals surface area contributed by atoms with E-state index >= 15 is 0 Å². The molecule has 0 aromatic heterocycles. The number of likely N-dealkylation sites (N-methyl/N-ethyl adjacent to an activating group) is 1. The van der Waals surface area contributed by atoms with Crippen LogP contribution in [-0.4, -0.2) is 44.3 Å². The number of benzene rings is 1. The Morgan fingerprint density at radius 3 is 3.00 bits per heavy atom. The lowest BCUT2D eigenvalue weighted by atomic mass is 10.1. The first kappa shape index (κ1) is 14.0. The van der Waals surface area contributed by atoms with Crippen LogP contribution in [0.3, 0.4) is 0 Å². The summed E-state index contributed by atoms with van der Waals surface area (Å²) in [5.74, 6) is 0. The van der Waals surface area contributed by atoms with Crippen molar-refractivity contribution in [2.24, 2.45) is 0 Å². The topological polar surface area (TPSA) is 24.5 Å². The molecule has 0 bridgehead atoms. The van der Waals surface area contributed by atoms with Gasteiger partial charge < -0.3 is 10.1 Å². The van der Waals surface area contributed by atoms with Gasteiger partial charge in [0.05, 0.1) is 12.7 Å². The molecule has 1 heterocycles. The molecule has 0 aliphatic carbocycles. The molecular weight excluding hydrogens is 292 g/mol. The zero-order valence-corrected chi connectivity index (χ0v) is 12.7. The Balaban J connectivity index is 1.85. The van der Waals surface area contributed by atoms with E-state index in [4.69, 9.17) is 4.74 Å². The van der Waals surface area contributed by atoms with E-state index in [2.05, 4.69) is 58.3 Å². The molecule has 1 aromatic rings. The number of nitrogens with zero attached hydrogens (tertiary/aromatic N) is 1. The molecule has 1 unspecified atom stereocenters. The van der Waals surface area contributed by atoms with E-state index in [1.54, 1.807) is 0 Å². The van der Waals surface area contributed by atoms with Crippen LogP contribution >= 0.6 is 15.9 Å². The lowest BCUT2D eigenvalue weighted by molar-refractivity contribution is 0.00884. The molecule has 0 spiro atoms. The van der Waals surface area contributed by atoms with Crippen molar-refractivity contribution in [3.05, 3.63) is 33.8 Å². The third-order valence-electron chi connectivity index (χ3n) is 3.21. The zero-order chi connectivity index (χ0) is 13.0. The van der Waals surface area contributed by atoms with Crippen LogP contribution in [0.2, 0.25) is 0 Å². The van der Waals surface area contributed by atoms with Gasteiger partial charge in [0.15, 0.2) is 0 Å². The largest absolute Gasteiger partial charge is 0.374 e. The number of aryl methyl sites for hydroxylation is 1.